The van der Waals surface area contributed by atoms with Crippen LogP contribution in [0.25, 0.3) is 0 Å². The molecule has 0 aromatic heterocycles. The Morgan fingerprint density at radius 1 is 1.50 bits per heavy atom. The van der Waals surface area contributed by atoms with E-state index in [2.05, 4.69) is 0 Å². The molecule has 1 heterocycles. The van der Waals surface area contributed by atoms with E-state index in [1.165, 1.54) is 6.92 Å². The number of ketones is 1. The van der Waals surface area contributed by atoms with E-state index in [4.69, 9.17) is 4.74 Å². The average Bonchev–Trinajstić information content (AvgIpc) is 2.71. The molecule has 1 amide bonds. The molecule has 0 saturated carbocycles. The van der Waals surface area contributed by atoms with Crippen LogP contribution < -0.4 is 4.74 Å². The largest absolute Gasteiger partial charge is 0.497 e. The molecule has 1 aromatic carbocycles. The normalized spacial score (nSPS) is 19.1. The molecule has 1 fully saturated rings. The molecule has 1 aliphatic rings. The van der Waals surface area contributed by atoms with Gasteiger partial charge in [0.1, 0.15) is 11.5 Å². The summed E-state index contributed by atoms with van der Waals surface area (Å²) in [6, 6.07) is 7.64. The number of hydrogen-bond acceptors (Lipinski definition) is 3. The van der Waals surface area contributed by atoms with Crippen LogP contribution in [0, 0.1) is 5.92 Å². The van der Waals surface area contributed by atoms with Crippen LogP contribution in [0.5, 0.6) is 5.75 Å². The van der Waals surface area contributed by atoms with Crippen molar-refractivity contribution in [3.05, 3.63) is 29.8 Å². The van der Waals surface area contributed by atoms with Gasteiger partial charge in [-0.25, -0.2) is 0 Å². The van der Waals surface area contributed by atoms with Gasteiger partial charge in [-0.3, -0.25) is 9.59 Å². The maximum Gasteiger partial charge on any atom is 0.233 e. The van der Waals surface area contributed by atoms with E-state index in [0.717, 1.165) is 11.3 Å². The molecule has 0 radical (unpaired) electrons. The topological polar surface area (TPSA) is 46.6 Å². The highest BCUT2D eigenvalue weighted by Gasteiger charge is 2.34. The second-order valence-electron chi connectivity index (χ2n) is 4.56. The van der Waals surface area contributed by atoms with Crippen LogP contribution in [0.3, 0.4) is 0 Å². The number of likely N-dealkylation sites (tertiary alicyclic amines) is 1. The van der Waals surface area contributed by atoms with Gasteiger partial charge in [-0.05, 0) is 31.0 Å². The Balaban J connectivity index is 2.06. The minimum atomic E-state index is -0.435. The van der Waals surface area contributed by atoms with Crippen LogP contribution in [-0.2, 0) is 16.1 Å². The van der Waals surface area contributed by atoms with Gasteiger partial charge in [-0.15, -0.1) is 0 Å². The Labute approximate surface area is 107 Å². The van der Waals surface area contributed by atoms with Gasteiger partial charge in [0, 0.05) is 13.1 Å². The highest BCUT2D eigenvalue weighted by molar-refractivity contribution is 6.01. The summed E-state index contributed by atoms with van der Waals surface area (Å²) in [5, 5.41) is 0. The summed E-state index contributed by atoms with van der Waals surface area (Å²) in [4.78, 5) is 25.0. The van der Waals surface area contributed by atoms with Gasteiger partial charge >= 0.3 is 0 Å². The Morgan fingerprint density at radius 3 is 2.89 bits per heavy atom. The first-order valence-corrected chi connectivity index (χ1v) is 6.04. The molecule has 1 unspecified atom stereocenters. The number of carbonyl (C=O) groups excluding carboxylic acids is 2. The number of ether oxygens (including phenoxy) is 1. The smallest absolute Gasteiger partial charge is 0.233 e. The SMILES string of the molecule is COc1cccc(CN2CCC(C(C)=O)C2=O)c1. The number of nitrogens with zero attached hydrogens (tertiary/aromatic N) is 1. The highest BCUT2D eigenvalue weighted by atomic mass is 16.5. The first kappa shape index (κ1) is 12.6. The van der Waals surface area contributed by atoms with Crippen LogP contribution in [0.2, 0.25) is 0 Å². The van der Waals surface area contributed by atoms with Crippen molar-refractivity contribution in [3.8, 4) is 5.75 Å². The van der Waals surface area contributed by atoms with Crippen molar-refractivity contribution in [2.75, 3.05) is 13.7 Å². The first-order valence-electron chi connectivity index (χ1n) is 6.04. The van der Waals surface area contributed by atoms with E-state index >= 15 is 0 Å². The molecule has 0 N–H and O–H groups in total. The predicted molar refractivity (Wildman–Crippen MR) is 67.2 cm³/mol. The molecule has 1 aliphatic heterocycles. The van der Waals surface area contributed by atoms with Gasteiger partial charge in [0.15, 0.2) is 0 Å². The monoisotopic (exact) mass is 247 g/mol. The molecule has 18 heavy (non-hydrogen) atoms. The fraction of sp³-hybridized carbons (Fsp3) is 0.429. The summed E-state index contributed by atoms with van der Waals surface area (Å²) in [5.74, 6) is 0.260. The van der Waals surface area contributed by atoms with Gasteiger partial charge in [0.05, 0.1) is 13.0 Å². The third-order valence-electron chi connectivity index (χ3n) is 3.30. The highest BCUT2D eigenvalue weighted by Crippen LogP contribution is 2.22. The van der Waals surface area contributed by atoms with Crippen molar-refractivity contribution < 1.29 is 14.3 Å². The fourth-order valence-electron chi connectivity index (χ4n) is 2.26. The zero-order valence-electron chi connectivity index (χ0n) is 10.7. The predicted octanol–water partition coefficient (Wildman–Crippen LogP) is 1.63. The summed E-state index contributed by atoms with van der Waals surface area (Å²) in [6.07, 6.45) is 0.637. The van der Waals surface area contributed by atoms with E-state index in [9.17, 15) is 9.59 Å². The molecule has 1 saturated heterocycles. The fourth-order valence-corrected chi connectivity index (χ4v) is 2.26. The van der Waals surface area contributed by atoms with Crippen molar-refractivity contribution in [3.63, 3.8) is 0 Å². The van der Waals surface area contributed by atoms with Crippen LogP contribution in [0.15, 0.2) is 24.3 Å². The number of carbonyl (C=O) groups is 2. The van der Waals surface area contributed by atoms with Crippen LogP contribution >= 0.6 is 0 Å². The molecule has 4 heteroatoms. The lowest BCUT2D eigenvalue weighted by atomic mass is 10.0. The summed E-state index contributed by atoms with van der Waals surface area (Å²) < 4.78 is 5.15. The summed E-state index contributed by atoms with van der Waals surface area (Å²) in [6.45, 7) is 2.68. The van der Waals surface area contributed by atoms with Crippen molar-refractivity contribution in [1.82, 2.24) is 4.90 Å². The standard InChI is InChI=1S/C14H17NO3/c1-10(16)13-6-7-15(14(13)17)9-11-4-3-5-12(8-11)18-2/h3-5,8,13H,6-7,9H2,1-2H3. The second kappa shape index (κ2) is 5.21. The quantitative estimate of drug-likeness (QED) is 0.760. The maximum atomic E-state index is 12.0. The molecule has 1 aromatic rings. The van der Waals surface area contributed by atoms with Gasteiger partial charge in [0.2, 0.25) is 5.91 Å². The molecule has 96 valence electrons. The number of benzene rings is 1. The number of amides is 1. The van der Waals surface area contributed by atoms with Crippen LogP contribution in [-0.4, -0.2) is 30.2 Å². The van der Waals surface area contributed by atoms with E-state index in [0.29, 0.717) is 19.5 Å². The van der Waals surface area contributed by atoms with E-state index < -0.39 is 5.92 Å². The molecule has 4 nitrogen and oxygen atoms in total. The number of methoxy groups -OCH3 is 1. The number of hydrogen-bond donors (Lipinski definition) is 0. The summed E-state index contributed by atoms with van der Waals surface area (Å²) in [5.41, 5.74) is 1.02. The van der Waals surface area contributed by atoms with Gasteiger partial charge in [0.25, 0.3) is 0 Å². The Kier molecular flexibility index (Phi) is 3.65. The second-order valence-corrected chi connectivity index (χ2v) is 4.56. The molecule has 0 aliphatic carbocycles. The molecular formula is C14H17NO3. The lowest BCUT2D eigenvalue weighted by Gasteiger charge is -2.16. The van der Waals surface area contributed by atoms with E-state index in [1.807, 2.05) is 24.3 Å². The Bertz CT molecular complexity index is 470. The lowest BCUT2D eigenvalue weighted by molar-refractivity contribution is -0.136. The summed E-state index contributed by atoms with van der Waals surface area (Å²) >= 11 is 0. The third kappa shape index (κ3) is 2.53. The van der Waals surface area contributed by atoms with Crippen molar-refractivity contribution in [1.29, 1.82) is 0 Å². The number of rotatable bonds is 4. The van der Waals surface area contributed by atoms with E-state index in [1.54, 1.807) is 12.0 Å². The minimum absolute atomic E-state index is 0.0341. The first-order chi connectivity index (χ1) is 8.61. The van der Waals surface area contributed by atoms with Crippen molar-refractivity contribution >= 4 is 11.7 Å². The van der Waals surface area contributed by atoms with Gasteiger partial charge in [-0.1, -0.05) is 12.1 Å². The van der Waals surface area contributed by atoms with E-state index in [-0.39, 0.29) is 11.7 Å². The zero-order valence-corrected chi connectivity index (χ0v) is 10.7. The number of Topliss-reactive ketones (excluding diaryl/α,β-unsaturated/α-hetero) is 1. The molecule has 0 bridgehead atoms. The van der Waals surface area contributed by atoms with Crippen molar-refractivity contribution in [2.45, 2.75) is 19.9 Å². The minimum Gasteiger partial charge on any atom is -0.497 e. The summed E-state index contributed by atoms with van der Waals surface area (Å²) in [7, 11) is 1.62. The molecule has 2 rings (SSSR count). The average molecular weight is 247 g/mol. The van der Waals surface area contributed by atoms with Gasteiger partial charge in [-0.2, -0.15) is 0 Å². The third-order valence-corrected chi connectivity index (χ3v) is 3.30. The van der Waals surface area contributed by atoms with Gasteiger partial charge < -0.3 is 9.64 Å². The maximum absolute atomic E-state index is 12.0. The Hall–Kier alpha value is -1.84. The van der Waals surface area contributed by atoms with Crippen LogP contribution in [0.4, 0.5) is 0 Å². The van der Waals surface area contributed by atoms with Crippen molar-refractivity contribution in [2.24, 2.45) is 5.92 Å². The molecule has 0 spiro atoms. The zero-order chi connectivity index (χ0) is 13.1. The lowest BCUT2D eigenvalue weighted by Crippen LogP contribution is -2.29. The molecule has 1 atom stereocenters. The van der Waals surface area contributed by atoms with Crippen LogP contribution in [0.1, 0.15) is 18.9 Å². The molecular weight excluding hydrogens is 230 g/mol. The Morgan fingerprint density at radius 2 is 2.28 bits per heavy atom.